The molecule has 70 heavy (non-hydrogen) atoms. The first-order chi connectivity index (χ1) is 37.1. The predicted octanol–water partition coefficient (Wildman–Crippen LogP) is 17.8. The van der Waals surface area contributed by atoms with Crippen LogP contribution in [-0.2, 0) is 22.6 Å². The zero-order valence-corrected chi connectivity index (χ0v) is 41.9. The average Bonchev–Trinajstić information content (AvgIpc) is 4.14. The van der Waals surface area contributed by atoms with Crippen LogP contribution in [0.2, 0.25) is 0 Å². The Morgan fingerprint density at radius 1 is 0.629 bits per heavy atom. The number of pyridine rings is 1. The van der Waals surface area contributed by atoms with Crippen LogP contribution in [0.15, 0.2) is 170 Å². The molecule has 0 bridgehead atoms. The van der Waals surface area contributed by atoms with E-state index in [1.807, 2.05) is 151 Å². The van der Waals surface area contributed by atoms with E-state index >= 15 is 0 Å². The van der Waals surface area contributed by atoms with Gasteiger partial charge in [0, 0.05) is 48.7 Å². The molecule has 11 rings (SSSR count). The van der Waals surface area contributed by atoms with Crippen molar-refractivity contribution in [1.29, 1.82) is 0 Å². The lowest BCUT2D eigenvalue weighted by molar-refractivity contribution is 0.332. The van der Waals surface area contributed by atoms with Gasteiger partial charge in [0.1, 0.15) is 24.0 Å². The second kappa shape index (κ2) is 16.8. The van der Waals surface area contributed by atoms with E-state index in [-0.39, 0.29) is 54.5 Å². The van der Waals surface area contributed by atoms with E-state index in [0.717, 1.165) is 62.8 Å². The average molecular weight is 928 g/mol. The van der Waals surface area contributed by atoms with Crippen molar-refractivity contribution >= 4 is 44.6 Å². The quantitative estimate of drug-likeness (QED) is 0.152. The van der Waals surface area contributed by atoms with Crippen molar-refractivity contribution in [3.63, 3.8) is 0 Å². The third-order valence-corrected chi connectivity index (χ3v) is 14.0. The van der Waals surface area contributed by atoms with Crippen LogP contribution in [0.4, 0.5) is 22.7 Å². The maximum Gasteiger partial charge on any atom is 0.137 e. The molecule has 2 aliphatic rings. The molecule has 5 heteroatoms. The number of para-hydroxylation sites is 4. The molecule has 0 N–H and O–H groups in total. The van der Waals surface area contributed by atoms with Gasteiger partial charge in [0.15, 0.2) is 0 Å². The van der Waals surface area contributed by atoms with E-state index in [0.29, 0.717) is 50.8 Å². The molecule has 9 aromatic rings. The first-order valence-corrected chi connectivity index (χ1v) is 24.5. The van der Waals surface area contributed by atoms with E-state index in [1.54, 1.807) is 12.3 Å². The molecule has 352 valence electrons. The number of hydrogen-bond acceptors (Lipinski definition) is 4. The summed E-state index contributed by atoms with van der Waals surface area (Å²) in [5.41, 5.74) is 6.26. The van der Waals surface area contributed by atoms with Crippen molar-refractivity contribution in [3.05, 3.63) is 192 Å². The summed E-state index contributed by atoms with van der Waals surface area (Å²) in [6.45, 7) is 20.1. The highest BCUT2D eigenvalue weighted by Crippen LogP contribution is 2.53. The fourth-order valence-corrected chi connectivity index (χ4v) is 10.3. The van der Waals surface area contributed by atoms with Crippen molar-refractivity contribution in [2.75, 3.05) is 16.5 Å². The molecule has 1 aliphatic heterocycles. The fourth-order valence-electron chi connectivity index (χ4n) is 10.3. The highest BCUT2D eigenvalue weighted by atomic mass is 16.5. The van der Waals surface area contributed by atoms with Crippen molar-refractivity contribution in [2.24, 2.45) is 5.41 Å². The number of fused-ring (bicyclic) bond motifs is 5. The summed E-state index contributed by atoms with van der Waals surface area (Å²) in [6, 6.07) is 38.5. The molecule has 0 amide bonds. The SMILES string of the molecule is [2H]c1c([2H])c(-c2cccc(-c3c([2H])c([2H])c4c(c3[2H])C(C)(C)CCC4(C)C)c2N2CN(c3cccc(Oc4ccc5c6ccccc6n(-c6cc(C([2H])([2H])C(C)(C)C)ccn6)c5c4)c3)c3ccccc32)c([2H])c(C(C)(C)C)c1[2H]. The third kappa shape index (κ3) is 8.23. The minimum absolute atomic E-state index is 0.0237. The van der Waals surface area contributed by atoms with Gasteiger partial charge in [-0.3, -0.25) is 4.57 Å². The number of nitrogens with zero attached hydrogens (tertiary/aromatic N) is 4. The third-order valence-electron chi connectivity index (χ3n) is 14.0. The second-order valence-electron chi connectivity index (χ2n) is 22.4. The Morgan fingerprint density at radius 2 is 1.30 bits per heavy atom. The Balaban J connectivity index is 1.06. The van der Waals surface area contributed by atoms with Crippen molar-refractivity contribution < 1.29 is 17.1 Å². The maximum atomic E-state index is 10.2. The van der Waals surface area contributed by atoms with Gasteiger partial charge in [-0.2, -0.15) is 0 Å². The summed E-state index contributed by atoms with van der Waals surface area (Å²) in [4.78, 5) is 9.05. The molecule has 0 spiro atoms. The molecular weight excluding hydrogens is 853 g/mol. The van der Waals surface area contributed by atoms with Gasteiger partial charge in [-0.1, -0.05) is 166 Å². The van der Waals surface area contributed by atoms with E-state index in [1.165, 1.54) is 0 Å². The van der Waals surface area contributed by atoms with Crippen LogP contribution >= 0.6 is 0 Å². The summed E-state index contributed by atoms with van der Waals surface area (Å²) < 4.78 is 94.2. The van der Waals surface area contributed by atoms with Gasteiger partial charge in [-0.05, 0) is 129 Å². The normalized spacial score (nSPS) is 17.4. The molecule has 0 radical (unpaired) electrons. The highest BCUT2D eigenvalue weighted by molar-refractivity contribution is 6.09. The van der Waals surface area contributed by atoms with Gasteiger partial charge in [0.05, 0.1) is 37.7 Å². The molecule has 0 saturated heterocycles. The molecule has 0 unspecified atom stereocenters. The maximum absolute atomic E-state index is 10.2. The van der Waals surface area contributed by atoms with Gasteiger partial charge in [0.25, 0.3) is 0 Å². The Bertz CT molecular complexity index is 3980. The van der Waals surface area contributed by atoms with E-state index in [4.69, 9.17) is 15.2 Å². The lowest BCUT2D eigenvalue weighted by atomic mass is 9.63. The topological polar surface area (TPSA) is 33.5 Å². The van der Waals surface area contributed by atoms with Crippen LogP contribution < -0.4 is 14.5 Å². The number of hydrogen-bond donors (Lipinski definition) is 0. The Labute approximate surface area is 428 Å². The summed E-state index contributed by atoms with van der Waals surface area (Å²) in [6.07, 6.45) is 1.66. The minimum Gasteiger partial charge on any atom is -0.457 e. The second-order valence-corrected chi connectivity index (χ2v) is 22.4. The zero-order valence-electron chi connectivity index (χ0n) is 50.9. The molecule has 1 aliphatic carbocycles. The van der Waals surface area contributed by atoms with Gasteiger partial charge in [0.2, 0.25) is 0 Å². The zero-order chi connectivity index (χ0) is 56.6. The minimum atomic E-state index is -1.63. The van der Waals surface area contributed by atoms with Crippen molar-refractivity contribution in [3.8, 4) is 39.6 Å². The molecule has 3 heterocycles. The molecule has 0 atom stereocenters. The number of rotatable bonds is 8. The number of aromatic nitrogens is 2. The van der Waals surface area contributed by atoms with Gasteiger partial charge < -0.3 is 14.5 Å². The standard InChI is InChI=1S/C65H66N4O/c1-62(2,3)41-43-32-35-66-60(36-43)69-56-25-12-11-22-52(56)53-30-29-49(40-59(53)69)70-48-21-16-20-47(39-48)67-42-68(58-27-14-13-26-57(58)67)61-50(44-18-15-19-46(37-44)63(4,5)6)23-17-24-51(61)45-28-31-54-55(38-45)65(9,10)34-33-64(54,7)8/h11-32,35-40H,33-34,41-42H2,1-10H3/i15D,18D,19D,28D,31D,37D,38D,41D2. The monoisotopic (exact) mass is 928 g/mol. The van der Waals surface area contributed by atoms with E-state index in [9.17, 15) is 6.85 Å². The van der Waals surface area contributed by atoms with E-state index < -0.39 is 28.0 Å². The number of benzene rings is 7. The van der Waals surface area contributed by atoms with Gasteiger partial charge in [-0.25, -0.2) is 4.98 Å². The summed E-state index contributed by atoms with van der Waals surface area (Å²) >= 11 is 0. The molecule has 5 nitrogen and oxygen atoms in total. The number of anilines is 4. The van der Waals surface area contributed by atoms with E-state index in [2.05, 4.69) is 48.1 Å². The smallest absolute Gasteiger partial charge is 0.137 e. The van der Waals surface area contributed by atoms with Crippen LogP contribution in [0.1, 0.15) is 117 Å². The van der Waals surface area contributed by atoms with Crippen molar-refractivity contribution in [2.45, 2.75) is 105 Å². The summed E-state index contributed by atoms with van der Waals surface area (Å²) in [5, 5.41) is 2.02. The van der Waals surface area contributed by atoms with Gasteiger partial charge in [-0.15, -0.1) is 0 Å². The van der Waals surface area contributed by atoms with Crippen LogP contribution in [0.25, 0.3) is 49.9 Å². The summed E-state index contributed by atoms with van der Waals surface area (Å²) in [5.74, 6) is 1.75. The molecule has 7 aromatic carbocycles. The highest BCUT2D eigenvalue weighted by Gasteiger charge is 2.38. The molecule has 0 saturated carbocycles. The fraction of sp³-hybridized carbons (Fsp3) is 0.277. The summed E-state index contributed by atoms with van der Waals surface area (Å²) in [7, 11) is 0. The Kier molecular flexibility index (Phi) is 8.62. The lowest BCUT2D eigenvalue weighted by Gasteiger charge is -2.42. The molecular formula is C65H66N4O. The lowest BCUT2D eigenvalue weighted by Crippen LogP contribution is -2.33. The first-order valence-electron chi connectivity index (χ1n) is 29.0. The Hall–Kier alpha value is -7.11. The van der Waals surface area contributed by atoms with Crippen LogP contribution in [0, 0.1) is 5.41 Å². The predicted molar refractivity (Wildman–Crippen MR) is 295 cm³/mol. The Morgan fingerprint density at radius 3 is 2.06 bits per heavy atom. The van der Waals surface area contributed by atoms with Crippen LogP contribution in [-0.4, -0.2) is 16.2 Å². The molecule has 2 aromatic heterocycles. The first kappa shape index (κ1) is 35.9. The largest absolute Gasteiger partial charge is 0.457 e. The van der Waals surface area contributed by atoms with Crippen LogP contribution in [0.3, 0.4) is 0 Å². The molecule has 0 fully saturated rings. The van der Waals surface area contributed by atoms with Gasteiger partial charge >= 0.3 is 0 Å². The van der Waals surface area contributed by atoms with Crippen LogP contribution in [0.5, 0.6) is 11.5 Å². The number of ether oxygens (including phenoxy) is 1. The van der Waals surface area contributed by atoms with Crippen molar-refractivity contribution in [1.82, 2.24) is 9.55 Å².